The van der Waals surface area contributed by atoms with Crippen LogP contribution < -0.4 is 0 Å². The molecule has 0 N–H and O–H groups in total. The quantitative estimate of drug-likeness (QED) is 0.614. The van der Waals surface area contributed by atoms with Gasteiger partial charge in [-0.3, -0.25) is 0 Å². The van der Waals surface area contributed by atoms with Crippen LogP contribution in [0.25, 0.3) is 0 Å². The molecule has 0 aliphatic carbocycles. The molecule has 3 heteroatoms. The standard InChI is InChI=1S/C7H15ClOS/c1-6(2)7(3,4)5-10(8)9/h6H,5H2,1-4H3. The van der Waals surface area contributed by atoms with E-state index in [4.69, 9.17) is 10.7 Å². The number of rotatable bonds is 3. The third-order valence-electron chi connectivity index (χ3n) is 2.05. The molecule has 0 saturated carbocycles. The summed E-state index contributed by atoms with van der Waals surface area (Å²) < 4.78 is 10.6. The summed E-state index contributed by atoms with van der Waals surface area (Å²) in [4.78, 5) is 0. The van der Waals surface area contributed by atoms with Crippen molar-refractivity contribution in [3.63, 3.8) is 0 Å². The molecule has 0 fully saturated rings. The van der Waals surface area contributed by atoms with Gasteiger partial charge in [0.25, 0.3) is 0 Å². The molecule has 0 saturated heterocycles. The topological polar surface area (TPSA) is 17.1 Å². The van der Waals surface area contributed by atoms with E-state index < -0.39 is 10.0 Å². The Hall–Kier alpha value is 0.440. The maximum Gasteiger partial charge on any atom is 0.115 e. The van der Waals surface area contributed by atoms with Crippen molar-refractivity contribution in [2.24, 2.45) is 11.3 Å². The van der Waals surface area contributed by atoms with Crippen LogP contribution in [0.2, 0.25) is 0 Å². The molecule has 0 aliphatic rings. The van der Waals surface area contributed by atoms with E-state index in [1.54, 1.807) is 0 Å². The molecule has 0 spiro atoms. The molecular weight excluding hydrogens is 168 g/mol. The van der Waals surface area contributed by atoms with Gasteiger partial charge in [0.1, 0.15) is 10.0 Å². The summed E-state index contributed by atoms with van der Waals surface area (Å²) in [6, 6.07) is 0. The summed E-state index contributed by atoms with van der Waals surface area (Å²) in [5, 5.41) is 0. The third-order valence-corrected chi connectivity index (χ3v) is 3.35. The monoisotopic (exact) mass is 182 g/mol. The fraction of sp³-hybridized carbons (Fsp3) is 1.00. The number of hydrogen-bond acceptors (Lipinski definition) is 1. The van der Waals surface area contributed by atoms with E-state index in [-0.39, 0.29) is 5.41 Å². The number of hydrogen-bond donors (Lipinski definition) is 0. The van der Waals surface area contributed by atoms with E-state index in [0.29, 0.717) is 11.7 Å². The van der Waals surface area contributed by atoms with E-state index in [1.165, 1.54) is 0 Å². The highest BCUT2D eigenvalue weighted by Gasteiger charge is 2.24. The van der Waals surface area contributed by atoms with Crippen LogP contribution >= 0.6 is 10.7 Å². The van der Waals surface area contributed by atoms with E-state index in [9.17, 15) is 4.21 Å². The highest BCUT2D eigenvalue weighted by atomic mass is 35.7. The fourth-order valence-corrected chi connectivity index (χ4v) is 2.22. The van der Waals surface area contributed by atoms with Crippen molar-refractivity contribution >= 4 is 20.7 Å². The van der Waals surface area contributed by atoms with Gasteiger partial charge in [-0.15, -0.1) is 0 Å². The van der Waals surface area contributed by atoms with Gasteiger partial charge in [0.2, 0.25) is 0 Å². The Morgan fingerprint density at radius 2 is 1.90 bits per heavy atom. The molecule has 0 aromatic heterocycles. The lowest BCUT2D eigenvalue weighted by molar-refractivity contribution is 0.290. The van der Waals surface area contributed by atoms with E-state index >= 15 is 0 Å². The van der Waals surface area contributed by atoms with Crippen molar-refractivity contribution in [1.82, 2.24) is 0 Å². The molecule has 0 aromatic rings. The van der Waals surface area contributed by atoms with E-state index in [2.05, 4.69) is 27.7 Å². The SMILES string of the molecule is CC(C)C(C)(C)CS(=O)Cl. The Balaban J connectivity index is 3.99. The Morgan fingerprint density at radius 1 is 1.50 bits per heavy atom. The van der Waals surface area contributed by atoms with Crippen LogP contribution in [0.3, 0.4) is 0 Å². The van der Waals surface area contributed by atoms with Gasteiger partial charge in [-0.05, 0) is 22.0 Å². The Bertz CT molecular complexity index is 132. The van der Waals surface area contributed by atoms with Gasteiger partial charge in [0.05, 0.1) is 0 Å². The fourth-order valence-electron chi connectivity index (χ4n) is 0.459. The molecule has 0 aromatic carbocycles. The Morgan fingerprint density at radius 3 is 2.00 bits per heavy atom. The van der Waals surface area contributed by atoms with Crippen LogP contribution in [0.5, 0.6) is 0 Å². The summed E-state index contributed by atoms with van der Waals surface area (Å²) in [5.41, 5.74) is 0.0899. The first-order valence-corrected chi connectivity index (χ1v) is 5.55. The summed E-state index contributed by atoms with van der Waals surface area (Å²) >= 11 is 0. The largest absolute Gasteiger partial charge is 0.243 e. The molecule has 1 unspecified atom stereocenters. The van der Waals surface area contributed by atoms with E-state index in [0.717, 1.165) is 0 Å². The summed E-state index contributed by atoms with van der Waals surface area (Å²) in [7, 11) is 4.20. The molecular formula is C7H15ClOS. The van der Waals surface area contributed by atoms with Crippen LogP contribution in [-0.2, 0) is 10.0 Å². The zero-order chi connectivity index (χ0) is 8.36. The summed E-state index contributed by atoms with van der Waals surface area (Å²) in [6.07, 6.45) is 0. The van der Waals surface area contributed by atoms with Crippen molar-refractivity contribution in [1.29, 1.82) is 0 Å². The lowest BCUT2D eigenvalue weighted by Crippen LogP contribution is -2.24. The second-order valence-corrected chi connectivity index (χ2v) is 5.48. The van der Waals surface area contributed by atoms with Gasteiger partial charge in [-0.2, -0.15) is 0 Å². The van der Waals surface area contributed by atoms with Gasteiger partial charge in [-0.1, -0.05) is 27.7 Å². The van der Waals surface area contributed by atoms with Crippen LogP contribution in [0, 0.1) is 11.3 Å². The molecule has 0 rings (SSSR count). The van der Waals surface area contributed by atoms with Crippen molar-refractivity contribution in [3.05, 3.63) is 0 Å². The van der Waals surface area contributed by atoms with Crippen molar-refractivity contribution in [3.8, 4) is 0 Å². The first-order valence-electron chi connectivity index (χ1n) is 3.41. The van der Waals surface area contributed by atoms with E-state index in [1.807, 2.05) is 0 Å². The van der Waals surface area contributed by atoms with Crippen molar-refractivity contribution in [2.75, 3.05) is 5.75 Å². The highest BCUT2D eigenvalue weighted by molar-refractivity contribution is 8.08. The predicted octanol–water partition coefficient (Wildman–Crippen LogP) is 2.57. The maximum atomic E-state index is 10.6. The molecule has 10 heavy (non-hydrogen) atoms. The average molecular weight is 183 g/mol. The second-order valence-electron chi connectivity index (χ2n) is 3.58. The first-order chi connectivity index (χ1) is 4.36. The molecule has 1 atom stereocenters. The van der Waals surface area contributed by atoms with Gasteiger partial charge < -0.3 is 0 Å². The molecule has 0 bridgehead atoms. The zero-order valence-corrected chi connectivity index (χ0v) is 8.55. The lowest BCUT2D eigenvalue weighted by Gasteiger charge is -2.27. The molecule has 1 nitrogen and oxygen atoms in total. The second kappa shape index (κ2) is 3.72. The van der Waals surface area contributed by atoms with Gasteiger partial charge in [0, 0.05) is 5.75 Å². The molecule has 0 heterocycles. The minimum absolute atomic E-state index is 0.0899. The lowest BCUT2D eigenvalue weighted by atomic mass is 9.83. The molecule has 62 valence electrons. The Labute approximate surface area is 70.1 Å². The summed E-state index contributed by atoms with van der Waals surface area (Å²) in [6.45, 7) is 8.39. The average Bonchev–Trinajstić information content (AvgIpc) is 1.60. The Kier molecular flexibility index (Phi) is 3.89. The summed E-state index contributed by atoms with van der Waals surface area (Å²) in [5.74, 6) is 1.10. The minimum Gasteiger partial charge on any atom is -0.243 e. The smallest absolute Gasteiger partial charge is 0.115 e. The molecule has 0 amide bonds. The van der Waals surface area contributed by atoms with Crippen LogP contribution in [0.1, 0.15) is 27.7 Å². The third kappa shape index (κ3) is 3.57. The first kappa shape index (κ1) is 10.4. The maximum absolute atomic E-state index is 10.6. The van der Waals surface area contributed by atoms with Crippen LogP contribution in [-0.4, -0.2) is 9.96 Å². The zero-order valence-electron chi connectivity index (χ0n) is 6.98. The number of halogens is 1. The van der Waals surface area contributed by atoms with Crippen molar-refractivity contribution in [2.45, 2.75) is 27.7 Å². The normalized spacial score (nSPS) is 15.8. The van der Waals surface area contributed by atoms with Gasteiger partial charge >= 0.3 is 0 Å². The van der Waals surface area contributed by atoms with Crippen molar-refractivity contribution < 1.29 is 4.21 Å². The highest BCUT2D eigenvalue weighted by Crippen LogP contribution is 2.27. The molecule has 0 aliphatic heterocycles. The molecule has 0 radical (unpaired) electrons. The minimum atomic E-state index is -1.18. The van der Waals surface area contributed by atoms with Gasteiger partial charge in [-0.25, -0.2) is 4.21 Å². The predicted molar refractivity (Wildman–Crippen MR) is 47.5 cm³/mol. The van der Waals surface area contributed by atoms with Gasteiger partial charge in [0.15, 0.2) is 0 Å². The van der Waals surface area contributed by atoms with Crippen LogP contribution in [0.4, 0.5) is 0 Å². The van der Waals surface area contributed by atoms with Crippen LogP contribution in [0.15, 0.2) is 0 Å².